The average molecular weight is 718 g/mol. The van der Waals surface area contributed by atoms with Crippen molar-refractivity contribution in [1.82, 2.24) is 0 Å². The van der Waals surface area contributed by atoms with Gasteiger partial charge < -0.3 is 9.32 Å². The number of anilines is 2. The largest absolute Gasteiger partial charge is 0.455 e. The van der Waals surface area contributed by atoms with Crippen molar-refractivity contribution in [3.63, 3.8) is 0 Å². The molecule has 0 unspecified atom stereocenters. The van der Waals surface area contributed by atoms with E-state index >= 15 is 0 Å². The Morgan fingerprint density at radius 3 is 1.54 bits per heavy atom. The van der Waals surface area contributed by atoms with E-state index in [2.05, 4.69) is 211 Å². The van der Waals surface area contributed by atoms with Gasteiger partial charge in [0, 0.05) is 33.4 Å². The van der Waals surface area contributed by atoms with E-state index in [1.165, 1.54) is 50.2 Å². The van der Waals surface area contributed by atoms with Gasteiger partial charge in [-0.05, 0) is 118 Å². The maximum Gasteiger partial charge on any atom is 0.143 e. The molecule has 1 aliphatic carbocycles. The van der Waals surface area contributed by atoms with E-state index in [0.29, 0.717) is 0 Å². The highest BCUT2D eigenvalue weighted by Gasteiger charge is 2.19. The van der Waals surface area contributed by atoms with Gasteiger partial charge in [0.1, 0.15) is 11.2 Å². The number of allylic oxidation sites excluding steroid dienone is 4. The second-order valence-corrected chi connectivity index (χ2v) is 14.5. The molecule has 0 aliphatic heterocycles. The Balaban J connectivity index is 1.01. The van der Waals surface area contributed by atoms with Crippen LogP contribution in [0, 0.1) is 0 Å². The number of para-hydroxylation sites is 1. The fourth-order valence-corrected chi connectivity index (χ4v) is 8.13. The van der Waals surface area contributed by atoms with Crippen molar-refractivity contribution in [1.29, 1.82) is 0 Å². The Hall–Kier alpha value is -7.16. The highest BCUT2D eigenvalue weighted by atomic mass is 16.3. The summed E-state index contributed by atoms with van der Waals surface area (Å²) in [6.07, 6.45) is 6.54. The maximum absolute atomic E-state index is 6.47. The zero-order valence-corrected chi connectivity index (χ0v) is 31.0. The van der Waals surface area contributed by atoms with Crippen LogP contribution in [0.3, 0.4) is 0 Å². The molecule has 2 nitrogen and oxygen atoms in total. The van der Waals surface area contributed by atoms with Gasteiger partial charge in [0.2, 0.25) is 0 Å². The molecule has 1 heterocycles. The minimum absolute atomic E-state index is 0.906. The quantitative estimate of drug-likeness (QED) is 0.156. The Morgan fingerprint density at radius 2 is 0.893 bits per heavy atom. The van der Waals surface area contributed by atoms with Gasteiger partial charge in [-0.1, -0.05) is 158 Å². The highest BCUT2D eigenvalue weighted by Crippen LogP contribution is 2.41. The van der Waals surface area contributed by atoms with E-state index in [-0.39, 0.29) is 0 Å². The molecule has 8 aromatic carbocycles. The summed E-state index contributed by atoms with van der Waals surface area (Å²) in [6, 6.07) is 71.7. The molecule has 1 aliphatic rings. The van der Waals surface area contributed by atoms with Crippen molar-refractivity contribution >= 4 is 38.9 Å². The standard InChI is InChI=1S/C54H39NO/c1-4-13-38(14-5-1)40-23-29-47(30-24-40)55(48-31-25-41(26-32-48)39-15-6-2-7-16-39)49-33-27-42(28-34-49)44-19-12-20-45(35-44)46-36-51(43-17-8-3-9-18-43)54-52(37-46)50-21-10-11-22-53(50)56-54/h1-25,27-31,33-37H,26,32H2. The zero-order valence-electron chi connectivity index (χ0n) is 31.0. The fraction of sp³-hybridized carbons (Fsp3) is 0.0370. The second kappa shape index (κ2) is 14.6. The zero-order chi connectivity index (χ0) is 37.3. The first-order valence-electron chi connectivity index (χ1n) is 19.4. The third-order valence-electron chi connectivity index (χ3n) is 11.0. The van der Waals surface area contributed by atoms with Gasteiger partial charge >= 0.3 is 0 Å². The number of benzene rings is 8. The summed E-state index contributed by atoms with van der Waals surface area (Å²) in [5, 5.41) is 2.26. The number of fused-ring (bicyclic) bond motifs is 3. The summed E-state index contributed by atoms with van der Waals surface area (Å²) in [7, 11) is 0. The van der Waals surface area contributed by atoms with Crippen molar-refractivity contribution in [2.24, 2.45) is 0 Å². The van der Waals surface area contributed by atoms with Crippen LogP contribution in [0.25, 0.3) is 72.0 Å². The van der Waals surface area contributed by atoms with Gasteiger partial charge in [-0.2, -0.15) is 0 Å². The molecule has 9 aromatic rings. The molecule has 0 saturated carbocycles. The molecule has 0 saturated heterocycles. The van der Waals surface area contributed by atoms with Crippen LogP contribution in [0.1, 0.15) is 18.4 Å². The van der Waals surface area contributed by atoms with Gasteiger partial charge in [-0.15, -0.1) is 0 Å². The first-order chi connectivity index (χ1) is 27.7. The number of furan rings is 1. The summed E-state index contributed by atoms with van der Waals surface area (Å²) in [5.41, 5.74) is 17.4. The number of rotatable bonds is 8. The van der Waals surface area contributed by atoms with E-state index in [1.54, 1.807) is 0 Å². The van der Waals surface area contributed by atoms with Crippen molar-refractivity contribution < 1.29 is 4.42 Å². The van der Waals surface area contributed by atoms with Crippen molar-refractivity contribution in [3.8, 4) is 44.5 Å². The lowest BCUT2D eigenvalue weighted by Crippen LogP contribution is -2.17. The molecule has 56 heavy (non-hydrogen) atoms. The summed E-state index contributed by atoms with van der Waals surface area (Å²) in [6.45, 7) is 0. The van der Waals surface area contributed by atoms with Crippen LogP contribution >= 0.6 is 0 Å². The lowest BCUT2D eigenvalue weighted by molar-refractivity contribution is 0.670. The van der Waals surface area contributed by atoms with E-state index in [9.17, 15) is 0 Å². The molecule has 0 spiro atoms. The van der Waals surface area contributed by atoms with Crippen LogP contribution < -0.4 is 4.90 Å². The van der Waals surface area contributed by atoms with Gasteiger partial charge in [0.15, 0.2) is 0 Å². The SMILES string of the molecule is C1=C(c2ccccc2)CCC(N(c2ccc(-c3ccccc3)cc2)c2ccc(-c3cccc(-c4cc(-c5ccccc5)c5oc6ccccc6c5c4)c3)cc2)=C1. The normalized spacial score (nSPS) is 12.7. The third-order valence-corrected chi connectivity index (χ3v) is 11.0. The molecular weight excluding hydrogens is 679 g/mol. The van der Waals surface area contributed by atoms with Crippen LogP contribution in [-0.2, 0) is 0 Å². The van der Waals surface area contributed by atoms with Gasteiger partial charge in [0.25, 0.3) is 0 Å². The van der Waals surface area contributed by atoms with Crippen molar-refractivity contribution in [3.05, 3.63) is 224 Å². The monoisotopic (exact) mass is 717 g/mol. The van der Waals surface area contributed by atoms with Crippen LogP contribution in [-0.4, -0.2) is 0 Å². The number of hydrogen-bond donors (Lipinski definition) is 0. The lowest BCUT2D eigenvalue weighted by atomic mass is 9.93. The summed E-state index contributed by atoms with van der Waals surface area (Å²) >= 11 is 0. The molecular formula is C54H39NO. The van der Waals surface area contributed by atoms with E-state index in [1.807, 2.05) is 6.07 Å². The summed E-state index contributed by atoms with van der Waals surface area (Å²) in [4.78, 5) is 2.42. The highest BCUT2D eigenvalue weighted by molar-refractivity contribution is 6.11. The first-order valence-corrected chi connectivity index (χ1v) is 19.4. The Bertz CT molecular complexity index is 2870. The Morgan fingerprint density at radius 1 is 0.357 bits per heavy atom. The number of nitrogens with zero attached hydrogens (tertiary/aromatic N) is 1. The molecule has 0 N–H and O–H groups in total. The third kappa shape index (κ3) is 6.42. The van der Waals surface area contributed by atoms with E-state index in [0.717, 1.165) is 57.3 Å². The molecule has 0 amide bonds. The lowest BCUT2D eigenvalue weighted by Gasteiger charge is -2.30. The predicted molar refractivity (Wildman–Crippen MR) is 236 cm³/mol. The van der Waals surface area contributed by atoms with Gasteiger partial charge in [-0.25, -0.2) is 0 Å². The molecule has 2 heteroatoms. The smallest absolute Gasteiger partial charge is 0.143 e. The topological polar surface area (TPSA) is 16.4 Å². The molecule has 266 valence electrons. The maximum atomic E-state index is 6.47. The van der Waals surface area contributed by atoms with Crippen LogP contribution in [0.15, 0.2) is 222 Å². The van der Waals surface area contributed by atoms with Crippen LogP contribution in [0.5, 0.6) is 0 Å². The molecule has 0 fully saturated rings. The minimum atomic E-state index is 0.906. The molecule has 10 rings (SSSR count). The van der Waals surface area contributed by atoms with E-state index < -0.39 is 0 Å². The first kappa shape index (κ1) is 33.4. The van der Waals surface area contributed by atoms with Gasteiger partial charge in [0.05, 0.1) is 0 Å². The predicted octanol–water partition coefficient (Wildman–Crippen LogP) is 15.2. The van der Waals surface area contributed by atoms with Crippen molar-refractivity contribution in [2.75, 3.05) is 4.90 Å². The summed E-state index contributed by atoms with van der Waals surface area (Å²) < 4.78 is 6.47. The van der Waals surface area contributed by atoms with Crippen LogP contribution in [0.4, 0.5) is 11.4 Å². The Kier molecular flexibility index (Phi) is 8.70. The fourth-order valence-electron chi connectivity index (χ4n) is 8.13. The average Bonchev–Trinajstić information content (AvgIpc) is 3.67. The molecule has 0 radical (unpaired) electrons. The van der Waals surface area contributed by atoms with E-state index in [4.69, 9.17) is 4.42 Å². The molecule has 0 bridgehead atoms. The minimum Gasteiger partial charge on any atom is -0.455 e. The van der Waals surface area contributed by atoms with Gasteiger partial charge in [-0.3, -0.25) is 0 Å². The summed E-state index contributed by atoms with van der Waals surface area (Å²) in [5.74, 6) is 0. The second-order valence-electron chi connectivity index (χ2n) is 14.5. The molecule has 1 aromatic heterocycles. The molecule has 0 atom stereocenters. The van der Waals surface area contributed by atoms with Crippen molar-refractivity contribution in [2.45, 2.75) is 12.8 Å². The Labute approximate surface area is 327 Å². The van der Waals surface area contributed by atoms with Crippen LogP contribution in [0.2, 0.25) is 0 Å². The number of hydrogen-bond acceptors (Lipinski definition) is 2.